The van der Waals surface area contributed by atoms with Crippen LogP contribution in [0.1, 0.15) is 37.4 Å². The predicted octanol–water partition coefficient (Wildman–Crippen LogP) is 5.53. The van der Waals surface area contributed by atoms with Crippen LogP contribution in [-0.4, -0.2) is 6.26 Å². The fraction of sp³-hybridized carbons (Fsp3) is 0.333. The van der Waals surface area contributed by atoms with Gasteiger partial charge >= 0.3 is 0 Å². The first-order chi connectivity index (χ1) is 9.74. The van der Waals surface area contributed by atoms with E-state index in [-0.39, 0.29) is 0 Å². The highest BCUT2D eigenvalue weighted by Gasteiger charge is 2.07. The third kappa shape index (κ3) is 3.80. The highest BCUT2D eigenvalue weighted by atomic mass is 32.2. The van der Waals surface area contributed by atoms with Gasteiger partial charge in [0, 0.05) is 16.6 Å². The summed E-state index contributed by atoms with van der Waals surface area (Å²) in [5, 5.41) is 3.61. The normalized spacial score (nSPS) is 12.2. The van der Waals surface area contributed by atoms with E-state index < -0.39 is 0 Å². The minimum Gasteiger partial charge on any atom is -0.378 e. The summed E-state index contributed by atoms with van der Waals surface area (Å²) < 4.78 is 0. The average molecular weight is 285 g/mol. The van der Waals surface area contributed by atoms with Gasteiger partial charge in [-0.25, -0.2) is 0 Å². The molecule has 1 nitrogen and oxygen atoms in total. The van der Waals surface area contributed by atoms with E-state index in [0.717, 1.165) is 6.42 Å². The van der Waals surface area contributed by atoms with Crippen LogP contribution in [-0.2, 0) is 6.42 Å². The molecule has 0 bridgehead atoms. The summed E-state index contributed by atoms with van der Waals surface area (Å²) in [5.41, 5.74) is 3.97. The van der Waals surface area contributed by atoms with Gasteiger partial charge in [-0.15, -0.1) is 11.8 Å². The van der Waals surface area contributed by atoms with Crippen molar-refractivity contribution in [1.82, 2.24) is 0 Å². The van der Waals surface area contributed by atoms with Gasteiger partial charge in [0.15, 0.2) is 0 Å². The molecule has 0 aliphatic heterocycles. The van der Waals surface area contributed by atoms with Crippen LogP contribution in [0.3, 0.4) is 0 Å². The maximum Gasteiger partial charge on any atom is 0.0486 e. The fourth-order valence-electron chi connectivity index (χ4n) is 2.34. The molecule has 106 valence electrons. The second kappa shape index (κ2) is 7.39. The van der Waals surface area contributed by atoms with Crippen molar-refractivity contribution in [3.05, 3.63) is 59.7 Å². The van der Waals surface area contributed by atoms with Crippen LogP contribution < -0.4 is 5.32 Å². The lowest BCUT2D eigenvalue weighted by Gasteiger charge is -2.18. The number of hydrogen-bond donors (Lipinski definition) is 1. The maximum atomic E-state index is 3.61. The molecule has 1 atom stereocenters. The number of para-hydroxylation sites is 1. The zero-order valence-corrected chi connectivity index (χ0v) is 13.3. The Kier molecular flexibility index (Phi) is 5.54. The van der Waals surface area contributed by atoms with Crippen LogP contribution in [0.2, 0.25) is 0 Å². The lowest BCUT2D eigenvalue weighted by Crippen LogP contribution is -2.07. The molecule has 2 rings (SSSR count). The van der Waals surface area contributed by atoms with Crippen molar-refractivity contribution < 1.29 is 0 Å². The van der Waals surface area contributed by atoms with Crippen molar-refractivity contribution in [3.63, 3.8) is 0 Å². The van der Waals surface area contributed by atoms with E-state index in [1.165, 1.54) is 28.1 Å². The molecule has 2 heteroatoms. The van der Waals surface area contributed by atoms with E-state index in [1.807, 2.05) is 0 Å². The molecule has 0 aliphatic rings. The summed E-state index contributed by atoms with van der Waals surface area (Å²) >= 11 is 1.78. The highest BCUT2D eigenvalue weighted by molar-refractivity contribution is 7.98. The number of hydrogen-bond acceptors (Lipinski definition) is 2. The van der Waals surface area contributed by atoms with Crippen molar-refractivity contribution in [2.75, 3.05) is 11.6 Å². The SMILES string of the molecule is CCCc1ccc(C(C)Nc2ccccc2SC)cc1. The monoisotopic (exact) mass is 285 g/mol. The first kappa shape index (κ1) is 15.0. The van der Waals surface area contributed by atoms with Gasteiger partial charge in [-0.3, -0.25) is 0 Å². The Balaban J connectivity index is 2.09. The Morgan fingerprint density at radius 3 is 2.40 bits per heavy atom. The minimum atomic E-state index is 0.318. The minimum absolute atomic E-state index is 0.318. The van der Waals surface area contributed by atoms with E-state index in [1.54, 1.807) is 11.8 Å². The first-order valence-electron chi connectivity index (χ1n) is 7.23. The maximum absolute atomic E-state index is 3.61. The lowest BCUT2D eigenvalue weighted by atomic mass is 10.0. The van der Waals surface area contributed by atoms with E-state index in [0.29, 0.717) is 6.04 Å². The molecule has 0 heterocycles. The molecule has 1 N–H and O–H groups in total. The van der Waals surface area contributed by atoms with E-state index in [2.05, 4.69) is 74.0 Å². The molecule has 2 aromatic rings. The van der Waals surface area contributed by atoms with Crippen molar-refractivity contribution in [2.24, 2.45) is 0 Å². The second-order valence-electron chi connectivity index (χ2n) is 5.06. The van der Waals surface area contributed by atoms with Crippen LogP contribution in [0.25, 0.3) is 0 Å². The van der Waals surface area contributed by atoms with E-state index in [9.17, 15) is 0 Å². The van der Waals surface area contributed by atoms with Crippen LogP contribution in [0.15, 0.2) is 53.4 Å². The fourth-order valence-corrected chi connectivity index (χ4v) is 2.90. The number of aryl methyl sites for hydroxylation is 1. The molecule has 1 unspecified atom stereocenters. The molecule has 20 heavy (non-hydrogen) atoms. The van der Waals surface area contributed by atoms with Gasteiger partial charge in [-0.2, -0.15) is 0 Å². The van der Waals surface area contributed by atoms with Crippen LogP contribution in [0.4, 0.5) is 5.69 Å². The van der Waals surface area contributed by atoms with Gasteiger partial charge in [-0.05, 0) is 42.9 Å². The van der Waals surface area contributed by atoms with Crippen LogP contribution >= 0.6 is 11.8 Å². The van der Waals surface area contributed by atoms with Gasteiger partial charge in [0.2, 0.25) is 0 Å². The number of benzene rings is 2. The molecule has 0 aromatic heterocycles. The number of anilines is 1. The quantitative estimate of drug-likeness (QED) is 0.700. The standard InChI is InChI=1S/C18H23NS/c1-4-7-15-10-12-16(13-11-15)14(2)19-17-8-5-6-9-18(17)20-3/h5-6,8-14,19H,4,7H2,1-3H3. The number of nitrogens with one attached hydrogen (secondary N) is 1. The van der Waals surface area contributed by atoms with E-state index >= 15 is 0 Å². The second-order valence-corrected chi connectivity index (χ2v) is 5.91. The molecule has 0 spiro atoms. The highest BCUT2D eigenvalue weighted by Crippen LogP contribution is 2.28. The summed E-state index contributed by atoms with van der Waals surface area (Å²) in [6, 6.07) is 17.8. The molecule has 0 saturated carbocycles. The molecule has 0 radical (unpaired) electrons. The summed E-state index contributed by atoms with van der Waals surface area (Å²) in [4.78, 5) is 1.29. The van der Waals surface area contributed by atoms with Gasteiger partial charge in [0.25, 0.3) is 0 Å². The zero-order chi connectivity index (χ0) is 14.4. The Morgan fingerprint density at radius 2 is 1.75 bits per heavy atom. The van der Waals surface area contributed by atoms with Gasteiger partial charge < -0.3 is 5.32 Å². The smallest absolute Gasteiger partial charge is 0.0486 e. The van der Waals surface area contributed by atoms with E-state index in [4.69, 9.17) is 0 Å². The number of thioether (sulfide) groups is 1. The Labute approximate surface area is 126 Å². The van der Waals surface area contributed by atoms with Crippen LogP contribution in [0.5, 0.6) is 0 Å². The van der Waals surface area contributed by atoms with Crippen molar-refractivity contribution in [2.45, 2.75) is 37.6 Å². The van der Waals surface area contributed by atoms with Crippen molar-refractivity contribution >= 4 is 17.4 Å². The molecule has 2 aromatic carbocycles. The van der Waals surface area contributed by atoms with Gasteiger partial charge in [-0.1, -0.05) is 49.7 Å². The third-order valence-electron chi connectivity index (χ3n) is 3.50. The molecule has 0 aliphatic carbocycles. The summed E-state index contributed by atoms with van der Waals surface area (Å²) in [7, 11) is 0. The Bertz CT molecular complexity index is 533. The van der Waals surface area contributed by atoms with Crippen molar-refractivity contribution in [3.8, 4) is 0 Å². The average Bonchev–Trinajstić information content (AvgIpc) is 2.49. The number of rotatable bonds is 6. The summed E-state index contributed by atoms with van der Waals surface area (Å²) in [6.45, 7) is 4.43. The largest absolute Gasteiger partial charge is 0.378 e. The Morgan fingerprint density at radius 1 is 1.05 bits per heavy atom. The van der Waals surface area contributed by atoms with Gasteiger partial charge in [0.1, 0.15) is 0 Å². The van der Waals surface area contributed by atoms with Gasteiger partial charge in [0.05, 0.1) is 0 Å². The topological polar surface area (TPSA) is 12.0 Å². The van der Waals surface area contributed by atoms with Crippen LogP contribution in [0, 0.1) is 0 Å². The molecule has 0 fully saturated rings. The molecule has 0 amide bonds. The third-order valence-corrected chi connectivity index (χ3v) is 4.29. The molecular formula is C18H23NS. The Hall–Kier alpha value is -1.41. The van der Waals surface area contributed by atoms with Crippen molar-refractivity contribution in [1.29, 1.82) is 0 Å². The summed E-state index contributed by atoms with van der Waals surface area (Å²) in [5.74, 6) is 0. The molecule has 0 saturated heterocycles. The zero-order valence-electron chi connectivity index (χ0n) is 12.5. The lowest BCUT2D eigenvalue weighted by molar-refractivity contribution is 0.872. The summed E-state index contributed by atoms with van der Waals surface area (Å²) in [6.07, 6.45) is 4.48. The first-order valence-corrected chi connectivity index (χ1v) is 8.45. The molecular weight excluding hydrogens is 262 g/mol. The predicted molar refractivity (Wildman–Crippen MR) is 90.7 cm³/mol.